The number of likely N-dealkylation sites (tertiary alicyclic amines) is 1. The molecule has 1 N–H and O–H groups in total. The van der Waals surface area contributed by atoms with E-state index < -0.39 is 5.82 Å². The number of carbonyl (C=O) groups is 2. The normalized spacial score (nSPS) is 21.1. The fourth-order valence-corrected chi connectivity index (χ4v) is 3.95. The van der Waals surface area contributed by atoms with Gasteiger partial charge in [-0.15, -0.1) is 0 Å². The molecule has 1 heterocycles. The number of benzene rings is 2. The summed E-state index contributed by atoms with van der Waals surface area (Å²) < 4.78 is 19.5. The summed E-state index contributed by atoms with van der Waals surface area (Å²) in [4.78, 5) is 27.5. The summed E-state index contributed by atoms with van der Waals surface area (Å²) in [7, 11) is 1.60. The highest BCUT2D eigenvalue weighted by Gasteiger charge is 2.41. The van der Waals surface area contributed by atoms with E-state index in [1.165, 1.54) is 12.1 Å². The minimum atomic E-state index is -0.544. The van der Waals surface area contributed by atoms with Crippen molar-refractivity contribution >= 4 is 11.8 Å². The van der Waals surface area contributed by atoms with Crippen molar-refractivity contribution in [2.24, 2.45) is 11.8 Å². The van der Waals surface area contributed by atoms with Crippen LogP contribution in [0.4, 0.5) is 4.39 Å². The molecule has 1 saturated carbocycles. The van der Waals surface area contributed by atoms with Crippen LogP contribution in [0.2, 0.25) is 0 Å². The lowest BCUT2D eigenvalue weighted by atomic mass is 9.88. The van der Waals surface area contributed by atoms with E-state index in [0.29, 0.717) is 24.8 Å². The fraction of sp³-hybridized carbons (Fsp3) is 0.391. The first kappa shape index (κ1) is 19.4. The van der Waals surface area contributed by atoms with Crippen LogP contribution in [0.5, 0.6) is 5.75 Å². The van der Waals surface area contributed by atoms with Gasteiger partial charge in [0, 0.05) is 25.6 Å². The number of hydrogen-bond acceptors (Lipinski definition) is 3. The van der Waals surface area contributed by atoms with Gasteiger partial charge >= 0.3 is 0 Å². The minimum Gasteiger partial charge on any atom is -0.497 e. The Morgan fingerprint density at radius 1 is 1.14 bits per heavy atom. The van der Waals surface area contributed by atoms with E-state index in [1.807, 2.05) is 24.3 Å². The average Bonchev–Trinajstić information content (AvgIpc) is 3.47. The monoisotopic (exact) mass is 396 g/mol. The first-order valence-corrected chi connectivity index (χ1v) is 10.0. The summed E-state index contributed by atoms with van der Waals surface area (Å²) in [6.45, 7) is 1.31. The zero-order chi connectivity index (χ0) is 20.4. The molecule has 2 unspecified atom stereocenters. The van der Waals surface area contributed by atoms with Gasteiger partial charge in [-0.1, -0.05) is 24.3 Å². The number of rotatable bonds is 6. The largest absolute Gasteiger partial charge is 0.497 e. The molecule has 4 rings (SSSR count). The van der Waals surface area contributed by atoms with E-state index in [9.17, 15) is 14.0 Å². The van der Waals surface area contributed by atoms with Gasteiger partial charge in [0.1, 0.15) is 11.6 Å². The molecule has 0 radical (unpaired) electrons. The van der Waals surface area contributed by atoms with Crippen molar-refractivity contribution in [3.05, 3.63) is 65.5 Å². The molecule has 2 fully saturated rings. The van der Waals surface area contributed by atoms with Crippen molar-refractivity contribution < 1.29 is 18.7 Å². The lowest BCUT2D eigenvalue weighted by Gasteiger charge is -2.18. The molecular weight excluding hydrogens is 371 g/mol. The summed E-state index contributed by atoms with van der Waals surface area (Å²) in [5.74, 6) is -0.235. The second-order valence-corrected chi connectivity index (χ2v) is 7.87. The molecule has 6 heteroatoms. The average molecular weight is 396 g/mol. The van der Waals surface area contributed by atoms with Crippen molar-refractivity contribution in [2.45, 2.75) is 18.8 Å². The smallest absolute Gasteiger partial charge is 0.256 e. The summed E-state index contributed by atoms with van der Waals surface area (Å²) in [6, 6.07) is 13.6. The SMILES string of the molecule is COc1cccc(C2CN(C(=O)c3ccccc3F)CC2C(=O)NCC2CC2)c1. The summed E-state index contributed by atoms with van der Waals surface area (Å²) >= 11 is 0. The molecule has 152 valence electrons. The number of methoxy groups -OCH3 is 1. The van der Waals surface area contributed by atoms with Gasteiger partial charge in [-0.3, -0.25) is 9.59 Å². The van der Waals surface area contributed by atoms with Gasteiger partial charge in [0.15, 0.2) is 0 Å². The molecule has 2 amide bonds. The molecule has 1 saturated heterocycles. The minimum absolute atomic E-state index is 0.0379. The van der Waals surface area contributed by atoms with Crippen LogP contribution in [-0.2, 0) is 4.79 Å². The number of amides is 2. The lowest BCUT2D eigenvalue weighted by Crippen LogP contribution is -2.36. The van der Waals surface area contributed by atoms with Gasteiger partial charge in [0.2, 0.25) is 5.91 Å². The third-order valence-electron chi connectivity index (χ3n) is 5.83. The zero-order valence-electron chi connectivity index (χ0n) is 16.4. The quantitative estimate of drug-likeness (QED) is 0.816. The van der Waals surface area contributed by atoms with Crippen molar-refractivity contribution in [1.82, 2.24) is 10.2 Å². The third-order valence-corrected chi connectivity index (χ3v) is 5.83. The Labute approximate surface area is 169 Å². The molecular formula is C23H25FN2O3. The topological polar surface area (TPSA) is 58.6 Å². The van der Waals surface area contributed by atoms with Crippen LogP contribution in [0.1, 0.15) is 34.7 Å². The van der Waals surface area contributed by atoms with E-state index in [4.69, 9.17) is 4.74 Å². The van der Waals surface area contributed by atoms with Crippen molar-refractivity contribution in [2.75, 3.05) is 26.7 Å². The van der Waals surface area contributed by atoms with E-state index >= 15 is 0 Å². The molecule has 5 nitrogen and oxygen atoms in total. The first-order chi connectivity index (χ1) is 14.1. The molecule has 0 spiro atoms. The Bertz CT molecular complexity index is 913. The molecule has 0 aromatic heterocycles. The van der Waals surface area contributed by atoms with E-state index in [0.717, 1.165) is 18.4 Å². The Kier molecular flexibility index (Phi) is 5.51. The zero-order valence-corrected chi connectivity index (χ0v) is 16.4. The van der Waals surface area contributed by atoms with Crippen LogP contribution in [0.3, 0.4) is 0 Å². The highest BCUT2D eigenvalue weighted by atomic mass is 19.1. The van der Waals surface area contributed by atoms with Crippen LogP contribution < -0.4 is 10.1 Å². The van der Waals surface area contributed by atoms with Gasteiger partial charge < -0.3 is 15.0 Å². The maximum atomic E-state index is 14.1. The van der Waals surface area contributed by atoms with Gasteiger partial charge in [-0.2, -0.15) is 0 Å². The van der Waals surface area contributed by atoms with Gasteiger partial charge in [0.25, 0.3) is 5.91 Å². The van der Waals surface area contributed by atoms with E-state index in [2.05, 4.69) is 5.32 Å². The molecule has 2 aromatic carbocycles. The van der Waals surface area contributed by atoms with Crippen LogP contribution in [0.15, 0.2) is 48.5 Å². The fourth-order valence-electron chi connectivity index (χ4n) is 3.95. The molecule has 1 aliphatic carbocycles. The molecule has 2 aromatic rings. The molecule has 1 aliphatic heterocycles. The van der Waals surface area contributed by atoms with Crippen LogP contribution in [0.25, 0.3) is 0 Å². The van der Waals surface area contributed by atoms with Crippen molar-refractivity contribution in [3.63, 3.8) is 0 Å². The lowest BCUT2D eigenvalue weighted by molar-refractivity contribution is -0.125. The predicted octanol–water partition coefficient (Wildman–Crippen LogP) is 3.22. The summed E-state index contributed by atoms with van der Waals surface area (Å²) in [5, 5.41) is 3.04. The number of halogens is 1. The molecule has 2 aliphatic rings. The number of nitrogens with zero attached hydrogens (tertiary/aromatic N) is 1. The Morgan fingerprint density at radius 2 is 1.93 bits per heavy atom. The van der Waals surface area contributed by atoms with Crippen molar-refractivity contribution in [1.29, 1.82) is 0 Å². The number of hydrogen-bond donors (Lipinski definition) is 1. The number of ether oxygens (including phenoxy) is 1. The maximum absolute atomic E-state index is 14.1. The predicted molar refractivity (Wildman–Crippen MR) is 107 cm³/mol. The number of nitrogens with one attached hydrogen (secondary N) is 1. The van der Waals surface area contributed by atoms with Crippen LogP contribution in [-0.4, -0.2) is 43.5 Å². The van der Waals surface area contributed by atoms with Crippen LogP contribution in [0, 0.1) is 17.7 Å². The highest BCUT2D eigenvalue weighted by molar-refractivity contribution is 5.95. The molecule has 0 bridgehead atoms. The highest BCUT2D eigenvalue weighted by Crippen LogP contribution is 2.36. The second-order valence-electron chi connectivity index (χ2n) is 7.87. The Balaban J connectivity index is 1.58. The summed E-state index contributed by atoms with van der Waals surface area (Å²) in [6.07, 6.45) is 2.31. The van der Waals surface area contributed by atoms with Crippen molar-refractivity contribution in [3.8, 4) is 5.75 Å². The molecule has 2 atom stereocenters. The molecule has 29 heavy (non-hydrogen) atoms. The van der Waals surface area contributed by atoms with E-state index in [1.54, 1.807) is 24.1 Å². The first-order valence-electron chi connectivity index (χ1n) is 10.0. The Morgan fingerprint density at radius 3 is 2.66 bits per heavy atom. The number of carbonyl (C=O) groups excluding carboxylic acids is 2. The summed E-state index contributed by atoms with van der Waals surface area (Å²) in [5.41, 5.74) is 0.982. The van der Waals surface area contributed by atoms with Crippen LogP contribution >= 0.6 is 0 Å². The maximum Gasteiger partial charge on any atom is 0.256 e. The van der Waals surface area contributed by atoms with Gasteiger partial charge in [-0.25, -0.2) is 4.39 Å². The third kappa shape index (κ3) is 4.26. The van der Waals surface area contributed by atoms with E-state index in [-0.39, 0.29) is 35.8 Å². The second kappa shape index (κ2) is 8.23. The van der Waals surface area contributed by atoms with Gasteiger partial charge in [-0.05, 0) is 48.6 Å². The van der Waals surface area contributed by atoms with Gasteiger partial charge in [0.05, 0.1) is 18.6 Å². The standard InChI is InChI=1S/C23H25FN2O3/c1-29-17-6-4-5-16(11-17)19-13-26(23(28)18-7-2-3-8-21(18)24)14-20(19)22(27)25-12-15-9-10-15/h2-8,11,15,19-20H,9-10,12-14H2,1H3,(H,25,27). The Hall–Kier alpha value is -2.89.